The van der Waals surface area contributed by atoms with E-state index in [0.717, 1.165) is 30.6 Å². The van der Waals surface area contributed by atoms with E-state index in [0.29, 0.717) is 24.5 Å². The third-order valence-corrected chi connectivity index (χ3v) is 8.73. The van der Waals surface area contributed by atoms with Crippen LogP contribution in [-0.2, 0) is 9.53 Å². The maximum atomic E-state index is 14.6. The maximum Gasteiger partial charge on any atom is 0.410 e. The largest absolute Gasteiger partial charge is 0.494 e. The molecular weight excluding hydrogens is 602 g/mol. The number of alkyl halides is 2. The van der Waals surface area contributed by atoms with Gasteiger partial charge in [0.1, 0.15) is 28.4 Å². The molecule has 2 fully saturated rings. The normalized spacial score (nSPS) is 19.3. The first-order valence-corrected chi connectivity index (χ1v) is 15.4. The first-order chi connectivity index (χ1) is 21.5. The van der Waals surface area contributed by atoms with Crippen LogP contribution >= 0.6 is 0 Å². The Balaban J connectivity index is 1.22. The number of anilines is 4. The summed E-state index contributed by atoms with van der Waals surface area (Å²) >= 11 is 0. The predicted octanol–water partition coefficient (Wildman–Crippen LogP) is 4.36. The second-order valence-electron chi connectivity index (χ2n) is 13.6. The molecular formula is C31H42F2N8O5. The number of rotatable bonds is 6. The monoisotopic (exact) mass is 644 g/mol. The Kier molecular flexibility index (Phi) is 8.73. The fourth-order valence-corrected chi connectivity index (χ4v) is 6.20. The molecule has 1 saturated carbocycles. The zero-order valence-corrected chi connectivity index (χ0v) is 27.3. The molecule has 1 aliphatic carbocycles. The Morgan fingerprint density at radius 3 is 2.39 bits per heavy atom. The number of carbonyl (C=O) groups is 3. The third kappa shape index (κ3) is 6.77. The van der Waals surface area contributed by atoms with Crippen molar-refractivity contribution < 1.29 is 32.6 Å². The van der Waals surface area contributed by atoms with Crippen molar-refractivity contribution in [1.29, 1.82) is 0 Å². The van der Waals surface area contributed by atoms with E-state index in [4.69, 9.17) is 9.47 Å². The number of carbonyl (C=O) groups excluding carboxylic acids is 3. The molecule has 3 amide bonds. The number of ether oxygens (including phenoxy) is 2. The van der Waals surface area contributed by atoms with Gasteiger partial charge in [0.2, 0.25) is 5.95 Å². The molecule has 2 aromatic rings. The van der Waals surface area contributed by atoms with Gasteiger partial charge in [-0.15, -0.1) is 0 Å². The summed E-state index contributed by atoms with van der Waals surface area (Å²) in [5.74, 6) is -4.71. The molecule has 15 heteroatoms. The number of fused-ring (bicyclic) bond motifs is 1. The Hall–Kier alpha value is -4.30. The number of nitrogens with zero attached hydrogens (tertiary/aromatic N) is 6. The molecule has 2 aliphatic heterocycles. The molecule has 2 aromatic heterocycles. The van der Waals surface area contributed by atoms with Gasteiger partial charge in [0.15, 0.2) is 5.82 Å². The van der Waals surface area contributed by atoms with Gasteiger partial charge < -0.3 is 34.8 Å². The van der Waals surface area contributed by atoms with Gasteiger partial charge in [-0.25, -0.2) is 14.8 Å². The summed E-state index contributed by atoms with van der Waals surface area (Å²) in [6, 6.07) is 1.12. The van der Waals surface area contributed by atoms with Crippen LogP contribution in [0, 0.1) is 5.41 Å². The lowest BCUT2D eigenvalue weighted by Gasteiger charge is -2.52. The molecule has 0 radical (unpaired) electrons. The van der Waals surface area contributed by atoms with E-state index in [-0.39, 0.29) is 52.6 Å². The van der Waals surface area contributed by atoms with Crippen LogP contribution in [-0.4, -0.2) is 95.2 Å². The Bertz CT molecular complexity index is 1500. The highest BCUT2D eigenvalue weighted by Crippen LogP contribution is 2.49. The van der Waals surface area contributed by atoms with Crippen molar-refractivity contribution in [2.75, 3.05) is 48.9 Å². The zero-order chi connectivity index (χ0) is 33.6. The van der Waals surface area contributed by atoms with Gasteiger partial charge in [0.05, 0.1) is 26.0 Å². The van der Waals surface area contributed by atoms with Crippen molar-refractivity contribution in [1.82, 2.24) is 25.2 Å². The molecule has 1 spiro atoms. The van der Waals surface area contributed by atoms with Crippen LogP contribution < -0.4 is 25.2 Å². The molecule has 3 aliphatic rings. The topological polar surface area (TPSA) is 142 Å². The van der Waals surface area contributed by atoms with E-state index in [2.05, 4.69) is 25.6 Å². The molecule has 2 N–H and O–H groups in total. The third-order valence-electron chi connectivity index (χ3n) is 8.73. The van der Waals surface area contributed by atoms with Crippen LogP contribution in [0.5, 0.6) is 5.75 Å². The highest BCUT2D eigenvalue weighted by Gasteiger charge is 2.48. The van der Waals surface area contributed by atoms with E-state index in [1.54, 1.807) is 18.7 Å². The zero-order valence-electron chi connectivity index (χ0n) is 27.3. The molecule has 250 valence electrons. The van der Waals surface area contributed by atoms with Crippen LogP contribution in [0.4, 0.5) is 36.7 Å². The number of piperidine rings is 1. The summed E-state index contributed by atoms with van der Waals surface area (Å²) in [6.45, 7) is 9.48. The van der Waals surface area contributed by atoms with E-state index < -0.39 is 24.0 Å². The van der Waals surface area contributed by atoms with Gasteiger partial charge in [-0.3, -0.25) is 9.59 Å². The van der Waals surface area contributed by atoms with Crippen molar-refractivity contribution in [2.45, 2.75) is 83.9 Å². The first kappa shape index (κ1) is 33.1. The van der Waals surface area contributed by atoms with Crippen LogP contribution in [0.3, 0.4) is 0 Å². The number of methoxy groups -OCH3 is 1. The average molecular weight is 645 g/mol. The summed E-state index contributed by atoms with van der Waals surface area (Å²) < 4.78 is 40.3. The standard InChI is InChI=1S/C31H42F2N8O5/c1-18(2)41-17-31(32,33)26(43)39(6)22-16-35-27(38-24(22)41)37-21-15-34-20(12-23(21)45-7)25(42)36-19-13-30(14-19)8-10-40(11-9-30)28(44)46-29(3,4)5/h12,15-16,18-19H,8-11,13-14,17H2,1-7H3,(H,36,42)(H,35,37,38). The van der Waals surface area contributed by atoms with Crippen LogP contribution in [0.2, 0.25) is 0 Å². The van der Waals surface area contributed by atoms with Crippen molar-refractivity contribution in [2.24, 2.45) is 5.41 Å². The second-order valence-corrected chi connectivity index (χ2v) is 13.6. The van der Waals surface area contributed by atoms with E-state index in [9.17, 15) is 23.2 Å². The lowest BCUT2D eigenvalue weighted by molar-refractivity contribution is -0.140. The molecule has 13 nitrogen and oxygen atoms in total. The summed E-state index contributed by atoms with van der Waals surface area (Å²) in [5, 5.41) is 6.05. The van der Waals surface area contributed by atoms with Crippen molar-refractivity contribution >= 4 is 41.0 Å². The smallest absolute Gasteiger partial charge is 0.410 e. The fourth-order valence-electron chi connectivity index (χ4n) is 6.20. The van der Waals surface area contributed by atoms with Gasteiger partial charge in [-0.1, -0.05) is 0 Å². The lowest BCUT2D eigenvalue weighted by atomic mass is 9.60. The lowest BCUT2D eigenvalue weighted by Crippen LogP contribution is -2.55. The highest BCUT2D eigenvalue weighted by atomic mass is 19.3. The fraction of sp³-hybridized carbons (Fsp3) is 0.613. The predicted molar refractivity (Wildman–Crippen MR) is 167 cm³/mol. The minimum Gasteiger partial charge on any atom is -0.494 e. The number of likely N-dealkylation sites (tertiary alicyclic amines) is 1. The van der Waals surface area contributed by atoms with E-state index in [1.807, 2.05) is 20.8 Å². The first-order valence-electron chi connectivity index (χ1n) is 15.4. The number of hydrogen-bond donors (Lipinski definition) is 2. The van der Waals surface area contributed by atoms with E-state index >= 15 is 0 Å². The summed E-state index contributed by atoms with van der Waals surface area (Å²) in [7, 11) is 2.72. The van der Waals surface area contributed by atoms with Gasteiger partial charge in [0, 0.05) is 38.3 Å². The quantitative estimate of drug-likeness (QED) is 0.466. The van der Waals surface area contributed by atoms with E-state index in [1.165, 1.54) is 37.5 Å². The number of nitrogens with one attached hydrogen (secondary N) is 2. The minimum atomic E-state index is -3.60. The molecule has 1 saturated heterocycles. The van der Waals surface area contributed by atoms with Crippen molar-refractivity contribution in [3.05, 3.63) is 24.2 Å². The van der Waals surface area contributed by atoms with Crippen LogP contribution in [0.25, 0.3) is 0 Å². The Labute approximate surface area is 267 Å². The van der Waals surface area contributed by atoms with Crippen molar-refractivity contribution in [3.63, 3.8) is 0 Å². The number of aromatic nitrogens is 3. The van der Waals surface area contributed by atoms with Gasteiger partial charge in [-0.2, -0.15) is 13.8 Å². The summed E-state index contributed by atoms with van der Waals surface area (Å²) in [5.41, 5.74) is 0.254. The minimum absolute atomic E-state index is 0.000411. The number of amides is 3. The van der Waals surface area contributed by atoms with Gasteiger partial charge >= 0.3 is 12.0 Å². The Morgan fingerprint density at radius 2 is 1.78 bits per heavy atom. The maximum absolute atomic E-state index is 14.6. The number of hydrogen-bond acceptors (Lipinski definition) is 10. The molecule has 0 atom stereocenters. The summed E-state index contributed by atoms with van der Waals surface area (Å²) in [6.07, 6.45) is 5.82. The molecule has 0 aromatic carbocycles. The van der Waals surface area contributed by atoms with Crippen molar-refractivity contribution in [3.8, 4) is 5.75 Å². The molecule has 0 bridgehead atoms. The summed E-state index contributed by atoms with van der Waals surface area (Å²) in [4.78, 5) is 54.9. The number of pyridine rings is 1. The van der Waals surface area contributed by atoms with Gasteiger partial charge in [-0.05, 0) is 65.7 Å². The average Bonchev–Trinajstić information content (AvgIpc) is 3.04. The van der Waals surface area contributed by atoms with Crippen LogP contribution in [0.1, 0.15) is 70.8 Å². The number of halogens is 2. The second kappa shape index (κ2) is 12.1. The Morgan fingerprint density at radius 1 is 1.11 bits per heavy atom. The SMILES string of the molecule is COc1cc(C(=O)NC2CC3(CCN(C(=O)OC(C)(C)C)CC3)C2)ncc1Nc1ncc2c(n1)N(C(C)C)CC(F)(F)C(=O)N2C. The van der Waals surface area contributed by atoms with Crippen LogP contribution in [0.15, 0.2) is 18.5 Å². The molecule has 0 unspecified atom stereocenters. The molecule has 5 rings (SSSR count). The molecule has 46 heavy (non-hydrogen) atoms. The highest BCUT2D eigenvalue weighted by molar-refractivity contribution is 6.02. The molecule has 4 heterocycles. The van der Waals surface area contributed by atoms with Gasteiger partial charge in [0.25, 0.3) is 11.8 Å².